The molecule has 1 aromatic heterocycles. The van der Waals surface area contributed by atoms with Crippen LogP contribution < -0.4 is 4.74 Å². The Kier molecular flexibility index (Phi) is 3.87. The van der Waals surface area contributed by atoms with E-state index in [0.717, 1.165) is 20.8 Å². The third-order valence-corrected chi connectivity index (χ3v) is 4.17. The molecule has 3 nitrogen and oxygen atoms in total. The second-order valence-electron chi connectivity index (χ2n) is 4.29. The third-order valence-electron chi connectivity index (χ3n) is 2.87. The molecule has 0 aliphatic carbocycles. The number of rotatable bonds is 4. The number of hydrogen-bond acceptors (Lipinski definition) is 4. The summed E-state index contributed by atoms with van der Waals surface area (Å²) < 4.78 is 6.83. The lowest BCUT2D eigenvalue weighted by Crippen LogP contribution is -1.95. The number of aromatic nitrogens is 1. The van der Waals surface area contributed by atoms with Gasteiger partial charge in [0.1, 0.15) is 17.4 Å². The Morgan fingerprint density at radius 3 is 2.80 bits per heavy atom. The Morgan fingerprint density at radius 2 is 2.05 bits per heavy atom. The molecule has 102 valence electrons. The van der Waals surface area contributed by atoms with Crippen molar-refractivity contribution in [2.45, 2.75) is 13.2 Å². The summed E-state index contributed by atoms with van der Waals surface area (Å²) in [6.07, 6.45) is 0. The first-order valence-corrected chi connectivity index (χ1v) is 7.32. The van der Waals surface area contributed by atoms with E-state index in [1.165, 1.54) is 0 Å². The van der Waals surface area contributed by atoms with Gasteiger partial charge in [-0.1, -0.05) is 29.8 Å². The second-order valence-corrected chi connectivity index (χ2v) is 5.81. The number of halogens is 1. The molecule has 3 rings (SSSR count). The van der Waals surface area contributed by atoms with Gasteiger partial charge in [0.05, 0.1) is 21.8 Å². The lowest BCUT2D eigenvalue weighted by molar-refractivity contribution is 0.280. The van der Waals surface area contributed by atoms with Crippen molar-refractivity contribution >= 4 is 33.2 Å². The van der Waals surface area contributed by atoms with Crippen LogP contribution in [0.1, 0.15) is 10.6 Å². The molecule has 0 atom stereocenters. The van der Waals surface area contributed by atoms with Gasteiger partial charge in [0.2, 0.25) is 0 Å². The summed E-state index contributed by atoms with van der Waals surface area (Å²) >= 11 is 7.71. The lowest BCUT2D eigenvalue weighted by atomic mass is 10.2. The number of para-hydroxylation sites is 1. The summed E-state index contributed by atoms with van der Waals surface area (Å²) in [7, 11) is 0. The number of benzene rings is 2. The predicted molar refractivity (Wildman–Crippen MR) is 81.3 cm³/mol. The summed E-state index contributed by atoms with van der Waals surface area (Å²) in [6.45, 7) is 0.357. The maximum atomic E-state index is 9.03. The van der Waals surface area contributed by atoms with Crippen molar-refractivity contribution in [2.24, 2.45) is 0 Å². The normalized spacial score (nSPS) is 10.9. The van der Waals surface area contributed by atoms with E-state index in [2.05, 4.69) is 4.98 Å². The van der Waals surface area contributed by atoms with Gasteiger partial charge in [-0.3, -0.25) is 0 Å². The molecule has 1 N–H and O–H groups in total. The van der Waals surface area contributed by atoms with E-state index in [-0.39, 0.29) is 6.61 Å². The van der Waals surface area contributed by atoms with Crippen molar-refractivity contribution in [3.63, 3.8) is 0 Å². The first-order valence-electron chi connectivity index (χ1n) is 6.13. The molecule has 0 saturated carbocycles. The summed E-state index contributed by atoms with van der Waals surface area (Å²) in [4.78, 5) is 4.50. The number of nitrogens with zero attached hydrogens (tertiary/aromatic N) is 1. The molecule has 1 heterocycles. The van der Waals surface area contributed by atoms with Crippen LogP contribution in [0.3, 0.4) is 0 Å². The Labute approximate surface area is 125 Å². The molecule has 0 aliphatic heterocycles. The topological polar surface area (TPSA) is 42.4 Å². The minimum atomic E-state index is -0.0299. The van der Waals surface area contributed by atoms with E-state index in [9.17, 15) is 0 Å². The van der Waals surface area contributed by atoms with Crippen LogP contribution in [0, 0.1) is 0 Å². The van der Waals surface area contributed by atoms with Crippen LogP contribution in [-0.4, -0.2) is 10.1 Å². The van der Waals surface area contributed by atoms with Crippen LogP contribution in [0.2, 0.25) is 5.02 Å². The summed E-state index contributed by atoms with van der Waals surface area (Å²) in [5.41, 5.74) is 1.75. The number of aliphatic hydroxyl groups excluding tert-OH is 1. The molecule has 2 aromatic carbocycles. The fraction of sp³-hybridized carbons (Fsp3) is 0.133. The van der Waals surface area contributed by atoms with E-state index >= 15 is 0 Å². The van der Waals surface area contributed by atoms with Gasteiger partial charge in [-0.15, -0.1) is 11.3 Å². The minimum absolute atomic E-state index is 0.0299. The third kappa shape index (κ3) is 2.77. The maximum Gasteiger partial charge on any atom is 0.140 e. The lowest BCUT2D eigenvalue weighted by Gasteiger charge is -2.07. The highest BCUT2D eigenvalue weighted by Gasteiger charge is 2.06. The van der Waals surface area contributed by atoms with Gasteiger partial charge in [-0.2, -0.15) is 0 Å². The molecule has 0 aliphatic rings. The molecule has 0 saturated heterocycles. The van der Waals surface area contributed by atoms with E-state index in [0.29, 0.717) is 17.4 Å². The van der Waals surface area contributed by atoms with Crippen molar-refractivity contribution in [1.29, 1.82) is 0 Å². The largest absolute Gasteiger partial charge is 0.485 e. The average molecular weight is 306 g/mol. The fourth-order valence-electron chi connectivity index (χ4n) is 1.88. The molecule has 20 heavy (non-hydrogen) atoms. The van der Waals surface area contributed by atoms with E-state index in [1.54, 1.807) is 29.5 Å². The van der Waals surface area contributed by atoms with Crippen LogP contribution in [0.15, 0.2) is 42.5 Å². The Hall–Kier alpha value is -1.62. The van der Waals surface area contributed by atoms with E-state index in [1.807, 2.05) is 24.3 Å². The molecule has 0 spiro atoms. The quantitative estimate of drug-likeness (QED) is 0.791. The molecule has 0 radical (unpaired) electrons. The number of hydrogen-bond donors (Lipinski definition) is 1. The molecule has 3 aromatic rings. The zero-order valence-electron chi connectivity index (χ0n) is 10.5. The number of fused-ring (bicyclic) bond motifs is 1. The fourth-order valence-corrected chi connectivity index (χ4v) is 3.02. The standard InChI is InChI=1S/C15H12ClNO2S/c16-11-7-10(8-18)5-6-13(11)19-9-15-17-12-3-1-2-4-14(12)20-15/h1-7,18H,8-9H2. The Morgan fingerprint density at radius 1 is 1.20 bits per heavy atom. The zero-order chi connectivity index (χ0) is 13.9. The van der Waals surface area contributed by atoms with Crippen LogP contribution in [0.5, 0.6) is 5.75 Å². The summed E-state index contributed by atoms with van der Waals surface area (Å²) in [5, 5.41) is 10.4. The second kappa shape index (κ2) is 5.79. The van der Waals surface area contributed by atoms with Crippen LogP contribution in [0.4, 0.5) is 0 Å². The van der Waals surface area contributed by atoms with Gasteiger partial charge < -0.3 is 9.84 Å². The molecule has 0 fully saturated rings. The first kappa shape index (κ1) is 13.4. The van der Waals surface area contributed by atoms with Crippen LogP contribution in [-0.2, 0) is 13.2 Å². The van der Waals surface area contributed by atoms with Crippen molar-refractivity contribution in [2.75, 3.05) is 0 Å². The van der Waals surface area contributed by atoms with Gasteiger partial charge in [0.15, 0.2) is 0 Å². The molecule has 0 bridgehead atoms. The Balaban J connectivity index is 1.75. The van der Waals surface area contributed by atoms with Gasteiger partial charge in [-0.05, 0) is 29.8 Å². The van der Waals surface area contributed by atoms with Crippen LogP contribution in [0.25, 0.3) is 10.2 Å². The van der Waals surface area contributed by atoms with E-state index < -0.39 is 0 Å². The smallest absolute Gasteiger partial charge is 0.140 e. The molecular weight excluding hydrogens is 294 g/mol. The first-order chi connectivity index (χ1) is 9.76. The molecule has 5 heteroatoms. The van der Waals surface area contributed by atoms with Crippen LogP contribution >= 0.6 is 22.9 Å². The maximum absolute atomic E-state index is 9.03. The minimum Gasteiger partial charge on any atom is -0.485 e. The molecule has 0 amide bonds. The van der Waals surface area contributed by atoms with Crippen molar-refractivity contribution in [3.05, 3.63) is 58.1 Å². The highest BCUT2D eigenvalue weighted by Crippen LogP contribution is 2.28. The van der Waals surface area contributed by atoms with Crippen molar-refractivity contribution in [3.8, 4) is 5.75 Å². The van der Waals surface area contributed by atoms with Crippen molar-refractivity contribution in [1.82, 2.24) is 4.98 Å². The highest BCUT2D eigenvalue weighted by atomic mass is 35.5. The number of aliphatic hydroxyl groups is 1. The van der Waals surface area contributed by atoms with Gasteiger partial charge in [-0.25, -0.2) is 4.98 Å². The van der Waals surface area contributed by atoms with Gasteiger partial charge >= 0.3 is 0 Å². The summed E-state index contributed by atoms with van der Waals surface area (Å²) in [6, 6.07) is 13.3. The van der Waals surface area contributed by atoms with Gasteiger partial charge in [0.25, 0.3) is 0 Å². The molecular formula is C15H12ClNO2S. The number of thiazole rings is 1. The van der Waals surface area contributed by atoms with E-state index in [4.69, 9.17) is 21.4 Å². The molecule has 0 unspecified atom stereocenters. The Bertz CT molecular complexity index is 709. The predicted octanol–water partition coefficient (Wildman–Crippen LogP) is 4.02. The monoisotopic (exact) mass is 305 g/mol. The highest BCUT2D eigenvalue weighted by molar-refractivity contribution is 7.18. The SMILES string of the molecule is OCc1ccc(OCc2nc3ccccc3s2)c(Cl)c1. The summed E-state index contributed by atoms with van der Waals surface area (Å²) in [5.74, 6) is 0.600. The van der Waals surface area contributed by atoms with Gasteiger partial charge in [0, 0.05) is 0 Å². The average Bonchev–Trinajstić information content (AvgIpc) is 2.88. The zero-order valence-corrected chi connectivity index (χ0v) is 12.1. The number of ether oxygens (including phenoxy) is 1. The van der Waals surface area contributed by atoms with Crippen molar-refractivity contribution < 1.29 is 9.84 Å².